The van der Waals surface area contributed by atoms with E-state index in [9.17, 15) is 9.59 Å². The first-order valence-corrected chi connectivity index (χ1v) is 6.85. The van der Waals surface area contributed by atoms with Crippen molar-refractivity contribution in [2.45, 2.75) is 39.7 Å². The summed E-state index contributed by atoms with van der Waals surface area (Å²) < 4.78 is 4.77. The average molecular weight is 277 g/mol. The van der Waals surface area contributed by atoms with Crippen molar-refractivity contribution in [3.63, 3.8) is 0 Å². The predicted octanol–water partition coefficient (Wildman–Crippen LogP) is 2.24. The van der Waals surface area contributed by atoms with E-state index in [1.807, 2.05) is 45.0 Å². The number of carbonyl (C=O) groups is 2. The molecule has 110 valence electrons. The van der Waals surface area contributed by atoms with Gasteiger partial charge in [0.2, 0.25) is 5.91 Å². The van der Waals surface area contributed by atoms with Crippen LogP contribution in [0.25, 0.3) is 0 Å². The molecule has 0 radical (unpaired) electrons. The molecule has 0 spiro atoms. The molecule has 4 heteroatoms. The average Bonchev–Trinajstić information content (AvgIpc) is 2.36. The highest BCUT2D eigenvalue weighted by molar-refractivity contribution is 5.84. The van der Waals surface area contributed by atoms with Gasteiger partial charge in [-0.15, -0.1) is 0 Å². The van der Waals surface area contributed by atoms with Gasteiger partial charge in [0.15, 0.2) is 0 Å². The molecule has 0 unspecified atom stereocenters. The maximum atomic E-state index is 11.8. The quantitative estimate of drug-likeness (QED) is 0.811. The molecule has 0 saturated carbocycles. The van der Waals surface area contributed by atoms with E-state index in [0.717, 1.165) is 11.1 Å². The summed E-state index contributed by atoms with van der Waals surface area (Å²) in [5, 5.41) is 2.75. The van der Waals surface area contributed by atoms with Crippen LogP contribution in [0.4, 0.5) is 0 Å². The van der Waals surface area contributed by atoms with Gasteiger partial charge in [-0.3, -0.25) is 4.79 Å². The predicted molar refractivity (Wildman–Crippen MR) is 78.3 cm³/mol. The van der Waals surface area contributed by atoms with Crippen LogP contribution >= 0.6 is 0 Å². The Kier molecular flexibility index (Phi) is 6.22. The minimum absolute atomic E-state index is 0.122. The van der Waals surface area contributed by atoms with Gasteiger partial charge >= 0.3 is 5.97 Å². The van der Waals surface area contributed by atoms with Gasteiger partial charge in [-0.05, 0) is 18.4 Å². The zero-order valence-electron chi connectivity index (χ0n) is 12.6. The molecule has 0 bridgehead atoms. The van der Waals surface area contributed by atoms with Crippen LogP contribution in [0.5, 0.6) is 0 Å². The lowest BCUT2D eigenvalue weighted by Crippen LogP contribution is -2.43. The van der Waals surface area contributed by atoms with Crippen LogP contribution < -0.4 is 5.32 Å². The molecule has 0 aromatic heterocycles. The van der Waals surface area contributed by atoms with Crippen molar-refractivity contribution in [2.24, 2.45) is 5.92 Å². The van der Waals surface area contributed by atoms with Crippen molar-refractivity contribution in [1.82, 2.24) is 5.32 Å². The number of amides is 1. The van der Waals surface area contributed by atoms with Crippen LogP contribution in [0.3, 0.4) is 0 Å². The largest absolute Gasteiger partial charge is 0.467 e. The first-order valence-electron chi connectivity index (χ1n) is 6.85. The molecule has 0 aliphatic heterocycles. The van der Waals surface area contributed by atoms with Crippen molar-refractivity contribution in [1.29, 1.82) is 0 Å². The minimum Gasteiger partial charge on any atom is -0.467 e. The molecule has 1 N–H and O–H groups in total. The zero-order chi connectivity index (χ0) is 15.1. The van der Waals surface area contributed by atoms with Crippen LogP contribution in [0.1, 0.15) is 31.4 Å². The van der Waals surface area contributed by atoms with E-state index in [4.69, 9.17) is 4.74 Å². The molecular formula is C16H23NO3. The summed E-state index contributed by atoms with van der Waals surface area (Å²) in [4.78, 5) is 23.6. The fourth-order valence-corrected chi connectivity index (χ4v) is 2.03. The standard InChI is InChI=1S/C16H23NO3/c1-11(2)8-15(18)17-14(16(19)20-4)10-13-7-5-6-12(3)9-13/h5-7,9,11,14H,8,10H2,1-4H3,(H,17,18)/t14-/m0/s1. The van der Waals surface area contributed by atoms with Gasteiger partial charge < -0.3 is 10.1 Å². The van der Waals surface area contributed by atoms with E-state index >= 15 is 0 Å². The summed E-state index contributed by atoms with van der Waals surface area (Å²) >= 11 is 0. The molecule has 20 heavy (non-hydrogen) atoms. The van der Waals surface area contributed by atoms with Gasteiger partial charge in [-0.25, -0.2) is 4.79 Å². The Labute approximate surface area is 120 Å². The van der Waals surface area contributed by atoms with Gasteiger partial charge in [0.1, 0.15) is 6.04 Å². The summed E-state index contributed by atoms with van der Waals surface area (Å²) in [6.07, 6.45) is 0.847. The maximum absolute atomic E-state index is 11.8. The van der Waals surface area contributed by atoms with E-state index in [-0.39, 0.29) is 11.8 Å². The third-order valence-electron chi connectivity index (χ3n) is 2.94. The Morgan fingerprint density at radius 1 is 1.30 bits per heavy atom. The Balaban J connectivity index is 2.74. The Morgan fingerprint density at radius 2 is 2.00 bits per heavy atom. The van der Waals surface area contributed by atoms with Crippen molar-refractivity contribution < 1.29 is 14.3 Å². The number of hydrogen-bond donors (Lipinski definition) is 1. The lowest BCUT2D eigenvalue weighted by Gasteiger charge is -2.17. The topological polar surface area (TPSA) is 55.4 Å². The van der Waals surface area contributed by atoms with Gasteiger partial charge in [0, 0.05) is 12.8 Å². The number of esters is 1. The van der Waals surface area contributed by atoms with Gasteiger partial charge in [0.05, 0.1) is 7.11 Å². The van der Waals surface area contributed by atoms with Crippen LogP contribution in [0.2, 0.25) is 0 Å². The second-order valence-electron chi connectivity index (χ2n) is 5.43. The molecular weight excluding hydrogens is 254 g/mol. The van der Waals surface area contributed by atoms with Gasteiger partial charge in [0.25, 0.3) is 0 Å². The number of aryl methyl sites for hydroxylation is 1. The van der Waals surface area contributed by atoms with E-state index in [2.05, 4.69) is 5.32 Å². The Hall–Kier alpha value is -1.84. The summed E-state index contributed by atoms with van der Waals surface area (Å²) in [6, 6.07) is 7.25. The van der Waals surface area contributed by atoms with Crippen molar-refractivity contribution >= 4 is 11.9 Å². The number of nitrogens with one attached hydrogen (secondary N) is 1. The first-order chi connectivity index (χ1) is 9.42. The van der Waals surface area contributed by atoms with Crippen molar-refractivity contribution in [2.75, 3.05) is 7.11 Å². The van der Waals surface area contributed by atoms with Gasteiger partial charge in [-0.2, -0.15) is 0 Å². The summed E-state index contributed by atoms with van der Waals surface area (Å²) in [5.41, 5.74) is 2.13. The number of ether oxygens (including phenoxy) is 1. The van der Waals surface area contributed by atoms with Gasteiger partial charge in [-0.1, -0.05) is 43.7 Å². The summed E-state index contributed by atoms with van der Waals surface area (Å²) in [7, 11) is 1.33. The lowest BCUT2D eigenvalue weighted by atomic mass is 10.0. The molecule has 0 saturated heterocycles. The Bertz CT molecular complexity index is 469. The number of benzene rings is 1. The second-order valence-corrected chi connectivity index (χ2v) is 5.43. The molecule has 0 aliphatic carbocycles. The second kappa shape index (κ2) is 7.68. The third-order valence-corrected chi connectivity index (χ3v) is 2.94. The Morgan fingerprint density at radius 3 is 2.55 bits per heavy atom. The number of hydrogen-bond acceptors (Lipinski definition) is 3. The van der Waals surface area contributed by atoms with E-state index < -0.39 is 12.0 Å². The SMILES string of the molecule is COC(=O)[C@H](Cc1cccc(C)c1)NC(=O)CC(C)C. The van der Waals surface area contributed by atoms with Crippen LogP contribution in [-0.4, -0.2) is 25.0 Å². The molecule has 1 rings (SSSR count). The van der Waals surface area contributed by atoms with E-state index in [1.165, 1.54) is 7.11 Å². The number of methoxy groups -OCH3 is 1. The highest BCUT2D eigenvalue weighted by Crippen LogP contribution is 2.09. The molecule has 1 amide bonds. The monoisotopic (exact) mass is 277 g/mol. The van der Waals surface area contributed by atoms with E-state index in [1.54, 1.807) is 0 Å². The maximum Gasteiger partial charge on any atom is 0.328 e. The molecule has 4 nitrogen and oxygen atoms in total. The molecule has 0 heterocycles. The fraction of sp³-hybridized carbons (Fsp3) is 0.500. The summed E-state index contributed by atoms with van der Waals surface area (Å²) in [5.74, 6) is -0.279. The number of rotatable bonds is 6. The summed E-state index contributed by atoms with van der Waals surface area (Å²) in [6.45, 7) is 5.93. The molecule has 1 aromatic carbocycles. The minimum atomic E-state index is -0.631. The smallest absolute Gasteiger partial charge is 0.328 e. The fourth-order valence-electron chi connectivity index (χ4n) is 2.03. The van der Waals surface area contributed by atoms with Crippen LogP contribution in [0.15, 0.2) is 24.3 Å². The third kappa shape index (κ3) is 5.43. The number of carbonyl (C=O) groups excluding carboxylic acids is 2. The molecule has 1 aromatic rings. The van der Waals surface area contributed by atoms with Crippen molar-refractivity contribution in [3.05, 3.63) is 35.4 Å². The highest BCUT2D eigenvalue weighted by atomic mass is 16.5. The van der Waals surface area contributed by atoms with Crippen LogP contribution in [0, 0.1) is 12.8 Å². The molecule has 1 atom stereocenters. The first kappa shape index (κ1) is 16.2. The molecule has 0 aliphatic rings. The zero-order valence-corrected chi connectivity index (χ0v) is 12.6. The normalized spacial score (nSPS) is 12.1. The van der Waals surface area contributed by atoms with E-state index in [0.29, 0.717) is 12.8 Å². The molecule has 0 fully saturated rings. The highest BCUT2D eigenvalue weighted by Gasteiger charge is 2.22. The van der Waals surface area contributed by atoms with Crippen molar-refractivity contribution in [3.8, 4) is 0 Å². The lowest BCUT2D eigenvalue weighted by molar-refractivity contribution is -0.145. The van der Waals surface area contributed by atoms with Crippen LogP contribution in [-0.2, 0) is 20.7 Å².